The van der Waals surface area contributed by atoms with Crippen LogP contribution in [0.2, 0.25) is 0 Å². The van der Waals surface area contributed by atoms with Crippen molar-refractivity contribution in [3.8, 4) is 0 Å². The molecule has 0 bridgehead atoms. The number of carbonyl (C=O) groups is 2. The maximum atomic E-state index is 12.0. The molecular weight excluding hydrogens is 276 g/mol. The van der Waals surface area contributed by atoms with E-state index in [-0.39, 0.29) is 11.4 Å². The van der Waals surface area contributed by atoms with Crippen molar-refractivity contribution in [2.45, 2.75) is 63.8 Å². The minimum Gasteiger partial charge on any atom is -0.480 e. The summed E-state index contributed by atoms with van der Waals surface area (Å²) in [6.07, 6.45) is 7.05. The fraction of sp³-hybridized carbons (Fsp3) is 0.857. The van der Waals surface area contributed by atoms with Crippen LogP contribution in [0.4, 0.5) is 4.79 Å². The number of thioether (sulfide) groups is 1. The van der Waals surface area contributed by atoms with E-state index in [0.29, 0.717) is 12.3 Å². The van der Waals surface area contributed by atoms with E-state index in [1.807, 2.05) is 6.92 Å². The number of unbranched alkanes of at least 4 members (excludes halogenated alkanes) is 5. The monoisotopic (exact) mass is 302 g/mol. The highest BCUT2D eigenvalue weighted by Crippen LogP contribution is 2.28. The molecule has 1 fully saturated rings. The normalized spacial score (nSPS) is 22.0. The Balaban J connectivity index is 2.22. The van der Waals surface area contributed by atoms with Crippen LogP contribution in [-0.2, 0) is 4.79 Å². The van der Waals surface area contributed by atoms with Gasteiger partial charge in [-0.2, -0.15) is 0 Å². The van der Waals surface area contributed by atoms with Crippen LogP contribution in [0.3, 0.4) is 0 Å². The van der Waals surface area contributed by atoms with E-state index in [9.17, 15) is 9.59 Å². The Morgan fingerprint density at radius 2 is 1.90 bits per heavy atom. The van der Waals surface area contributed by atoms with Crippen molar-refractivity contribution in [2.24, 2.45) is 0 Å². The summed E-state index contributed by atoms with van der Waals surface area (Å²) in [5, 5.41) is 11.9. The number of urea groups is 1. The van der Waals surface area contributed by atoms with Crippen LogP contribution < -0.4 is 5.32 Å². The summed E-state index contributed by atoms with van der Waals surface area (Å²) in [5.74, 6) is -0.447. The summed E-state index contributed by atoms with van der Waals surface area (Å²) in [6, 6.07) is -0.942. The van der Waals surface area contributed by atoms with Crippen molar-refractivity contribution in [2.75, 3.05) is 12.3 Å². The molecule has 1 saturated heterocycles. The molecule has 0 aromatic heterocycles. The van der Waals surface area contributed by atoms with Crippen molar-refractivity contribution in [1.82, 2.24) is 10.2 Å². The van der Waals surface area contributed by atoms with Crippen LogP contribution in [0.25, 0.3) is 0 Å². The first-order chi connectivity index (χ1) is 9.57. The Bertz CT molecular complexity index is 326. The molecule has 2 atom stereocenters. The van der Waals surface area contributed by atoms with Gasteiger partial charge in [0.05, 0.1) is 5.37 Å². The zero-order valence-corrected chi connectivity index (χ0v) is 13.2. The average molecular weight is 302 g/mol. The number of aliphatic carboxylic acids is 1. The summed E-state index contributed by atoms with van der Waals surface area (Å²) < 4.78 is 0. The van der Waals surface area contributed by atoms with E-state index in [1.54, 1.807) is 0 Å². The summed E-state index contributed by atoms with van der Waals surface area (Å²) in [6.45, 7) is 4.69. The largest absolute Gasteiger partial charge is 0.480 e. The van der Waals surface area contributed by atoms with E-state index >= 15 is 0 Å². The van der Waals surface area contributed by atoms with E-state index in [2.05, 4.69) is 12.2 Å². The lowest BCUT2D eigenvalue weighted by atomic mass is 10.1. The SMILES string of the molecule is CCCCCCCCNC(=O)N1C(C)SCC1C(=O)O. The molecule has 0 spiro atoms. The molecule has 6 heteroatoms. The van der Waals surface area contributed by atoms with Crippen LogP contribution in [-0.4, -0.2) is 45.7 Å². The molecule has 1 rings (SSSR count). The van der Waals surface area contributed by atoms with E-state index < -0.39 is 12.0 Å². The number of amides is 2. The van der Waals surface area contributed by atoms with Crippen LogP contribution in [0.15, 0.2) is 0 Å². The molecule has 0 radical (unpaired) electrons. The highest BCUT2D eigenvalue weighted by Gasteiger charge is 2.39. The van der Waals surface area contributed by atoms with Crippen LogP contribution in [0.1, 0.15) is 52.4 Å². The van der Waals surface area contributed by atoms with E-state index in [4.69, 9.17) is 5.11 Å². The summed E-state index contributed by atoms with van der Waals surface area (Å²) in [4.78, 5) is 24.6. The molecule has 2 amide bonds. The van der Waals surface area contributed by atoms with Crippen LogP contribution in [0, 0.1) is 0 Å². The molecule has 1 aliphatic rings. The molecular formula is C14H26N2O3S. The lowest BCUT2D eigenvalue weighted by Gasteiger charge is -2.25. The predicted octanol–water partition coefficient (Wildman–Crippen LogP) is 2.90. The van der Waals surface area contributed by atoms with Crippen LogP contribution >= 0.6 is 11.8 Å². The topological polar surface area (TPSA) is 69.6 Å². The molecule has 0 aliphatic carbocycles. The second-order valence-corrected chi connectivity index (χ2v) is 6.54. The number of carboxylic acids is 1. The molecule has 20 heavy (non-hydrogen) atoms. The van der Waals surface area contributed by atoms with Crippen molar-refractivity contribution in [3.05, 3.63) is 0 Å². The molecule has 1 aliphatic heterocycles. The van der Waals surface area contributed by atoms with Crippen molar-refractivity contribution in [3.63, 3.8) is 0 Å². The third-order valence-corrected chi connectivity index (χ3v) is 4.77. The number of carbonyl (C=O) groups excluding carboxylic acids is 1. The molecule has 1 heterocycles. The Morgan fingerprint density at radius 3 is 2.55 bits per heavy atom. The minimum atomic E-state index is -0.920. The summed E-state index contributed by atoms with van der Waals surface area (Å²) in [5.41, 5.74) is 0. The first-order valence-electron chi connectivity index (χ1n) is 7.48. The van der Waals surface area contributed by atoms with E-state index in [1.165, 1.54) is 42.3 Å². The zero-order chi connectivity index (χ0) is 15.0. The van der Waals surface area contributed by atoms with Crippen molar-refractivity contribution in [1.29, 1.82) is 0 Å². The number of nitrogens with one attached hydrogen (secondary N) is 1. The van der Waals surface area contributed by atoms with Crippen LogP contribution in [0.5, 0.6) is 0 Å². The van der Waals surface area contributed by atoms with Gasteiger partial charge in [0.15, 0.2) is 0 Å². The van der Waals surface area contributed by atoms with Gasteiger partial charge in [-0.05, 0) is 13.3 Å². The second kappa shape index (κ2) is 9.10. The number of rotatable bonds is 8. The van der Waals surface area contributed by atoms with Gasteiger partial charge >= 0.3 is 12.0 Å². The van der Waals surface area contributed by atoms with Gasteiger partial charge < -0.3 is 10.4 Å². The molecule has 5 nitrogen and oxygen atoms in total. The minimum absolute atomic E-state index is 0.0688. The Morgan fingerprint density at radius 1 is 1.25 bits per heavy atom. The summed E-state index contributed by atoms with van der Waals surface area (Å²) >= 11 is 1.51. The maximum absolute atomic E-state index is 12.0. The maximum Gasteiger partial charge on any atom is 0.327 e. The Hall–Kier alpha value is -0.910. The van der Waals surface area contributed by atoms with Gasteiger partial charge in [-0.15, -0.1) is 11.8 Å². The Labute approximate surface area is 125 Å². The zero-order valence-electron chi connectivity index (χ0n) is 12.4. The van der Waals surface area contributed by atoms with Gasteiger partial charge in [-0.3, -0.25) is 4.90 Å². The van der Waals surface area contributed by atoms with Gasteiger partial charge in [-0.25, -0.2) is 9.59 Å². The second-order valence-electron chi connectivity index (χ2n) is 5.19. The highest BCUT2D eigenvalue weighted by atomic mass is 32.2. The fourth-order valence-electron chi connectivity index (χ4n) is 2.33. The van der Waals surface area contributed by atoms with E-state index in [0.717, 1.165) is 12.8 Å². The first-order valence-corrected chi connectivity index (χ1v) is 8.53. The standard InChI is InChI=1S/C14H26N2O3S/c1-3-4-5-6-7-8-9-15-14(19)16-11(2)20-10-12(16)13(17)18/h11-12H,3-10H2,1-2H3,(H,15,19)(H,17,18). The number of nitrogens with zero attached hydrogens (tertiary/aromatic N) is 1. The predicted molar refractivity (Wildman–Crippen MR) is 82.0 cm³/mol. The molecule has 2 unspecified atom stereocenters. The third-order valence-electron chi connectivity index (χ3n) is 3.55. The number of hydrogen-bond acceptors (Lipinski definition) is 3. The quantitative estimate of drug-likeness (QED) is 0.676. The molecule has 116 valence electrons. The average Bonchev–Trinajstić information content (AvgIpc) is 2.79. The molecule has 0 aromatic carbocycles. The van der Waals surface area contributed by atoms with Gasteiger partial charge in [0.1, 0.15) is 6.04 Å². The number of hydrogen-bond donors (Lipinski definition) is 2. The molecule has 2 N–H and O–H groups in total. The van der Waals surface area contributed by atoms with Gasteiger partial charge in [0.2, 0.25) is 0 Å². The fourth-order valence-corrected chi connectivity index (χ4v) is 3.50. The molecule has 0 aromatic rings. The van der Waals surface area contributed by atoms with Gasteiger partial charge in [0, 0.05) is 12.3 Å². The Kier molecular flexibility index (Phi) is 7.80. The number of carboxylic acid groups (broad SMARTS) is 1. The van der Waals surface area contributed by atoms with Gasteiger partial charge in [-0.1, -0.05) is 39.0 Å². The first kappa shape index (κ1) is 17.1. The molecule has 0 saturated carbocycles. The smallest absolute Gasteiger partial charge is 0.327 e. The highest BCUT2D eigenvalue weighted by molar-refractivity contribution is 8.00. The lowest BCUT2D eigenvalue weighted by molar-refractivity contribution is -0.141. The summed E-state index contributed by atoms with van der Waals surface area (Å²) in [7, 11) is 0. The third kappa shape index (κ3) is 5.23. The van der Waals surface area contributed by atoms with Crippen molar-refractivity contribution >= 4 is 23.8 Å². The lowest BCUT2D eigenvalue weighted by Crippen LogP contribution is -2.49. The van der Waals surface area contributed by atoms with Gasteiger partial charge in [0.25, 0.3) is 0 Å². The van der Waals surface area contributed by atoms with Crippen molar-refractivity contribution < 1.29 is 14.7 Å².